The summed E-state index contributed by atoms with van der Waals surface area (Å²) in [6.45, 7) is 0.664. The van der Waals surface area contributed by atoms with E-state index in [2.05, 4.69) is 11.2 Å². The average Bonchev–Trinajstić information content (AvgIpc) is 3.38. The van der Waals surface area contributed by atoms with Crippen molar-refractivity contribution < 1.29 is 13.5 Å². The fraction of sp³-hybridized carbons (Fsp3) is 0.429. The molecule has 7 heteroatoms. The second-order valence-electron chi connectivity index (χ2n) is 7.76. The van der Waals surface area contributed by atoms with E-state index in [4.69, 9.17) is 9.72 Å². The molecule has 2 fully saturated rings. The normalized spacial score (nSPS) is 18.8. The fourth-order valence-corrected chi connectivity index (χ4v) is 3.85. The number of nitrogens with zero attached hydrogens (tertiary/aromatic N) is 4. The van der Waals surface area contributed by atoms with Crippen molar-refractivity contribution in [1.82, 2.24) is 14.8 Å². The average molecular weight is 384 g/mol. The van der Waals surface area contributed by atoms with Gasteiger partial charge in [-0.1, -0.05) is 12.1 Å². The number of methoxy groups -OCH3 is 1. The minimum atomic E-state index is -2.65. The van der Waals surface area contributed by atoms with Crippen LogP contribution in [0.25, 0.3) is 10.9 Å². The SMILES string of the molecule is COc1ccc(Cn2ncc3c(N4CCC(F)(F)C4)nc(C4CC4)cc32)cc1. The van der Waals surface area contributed by atoms with Gasteiger partial charge in [-0.3, -0.25) is 4.68 Å². The molecule has 0 bridgehead atoms. The summed E-state index contributed by atoms with van der Waals surface area (Å²) in [5.74, 6) is -0.748. The van der Waals surface area contributed by atoms with E-state index in [9.17, 15) is 8.78 Å². The van der Waals surface area contributed by atoms with Crippen molar-refractivity contribution in [1.29, 1.82) is 0 Å². The van der Waals surface area contributed by atoms with Crippen molar-refractivity contribution in [3.05, 3.63) is 47.8 Å². The first-order valence-corrected chi connectivity index (χ1v) is 9.64. The maximum Gasteiger partial charge on any atom is 0.266 e. The van der Waals surface area contributed by atoms with E-state index < -0.39 is 5.92 Å². The highest BCUT2D eigenvalue weighted by atomic mass is 19.3. The van der Waals surface area contributed by atoms with E-state index in [1.807, 2.05) is 28.9 Å². The van der Waals surface area contributed by atoms with Crippen molar-refractivity contribution >= 4 is 16.7 Å². The quantitative estimate of drug-likeness (QED) is 0.661. The van der Waals surface area contributed by atoms with Gasteiger partial charge in [0.2, 0.25) is 0 Å². The van der Waals surface area contributed by atoms with E-state index in [1.54, 1.807) is 18.2 Å². The lowest BCUT2D eigenvalue weighted by Crippen LogP contribution is -2.26. The highest BCUT2D eigenvalue weighted by Crippen LogP contribution is 2.42. The Kier molecular flexibility index (Phi) is 4.00. The molecule has 146 valence electrons. The second-order valence-corrected chi connectivity index (χ2v) is 7.76. The number of fused-ring (bicyclic) bond motifs is 1. The van der Waals surface area contributed by atoms with Crippen molar-refractivity contribution in [2.75, 3.05) is 25.1 Å². The Labute approximate surface area is 161 Å². The number of pyridine rings is 1. The van der Waals surface area contributed by atoms with Crippen LogP contribution in [0.5, 0.6) is 5.75 Å². The smallest absolute Gasteiger partial charge is 0.266 e. The van der Waals surface area contributed by atoms with Crippen LogP contribution in [0.15, 0.2) is 36.5 Å². The first kappa shape index (κ1) is 17.4. The molecule has 0 atom stereocenters. The molecule has 5 nitrogen and oxygen atoms in total. The monoisotopic (exact) mass is 384 g/mol. The molecule has 28 heavy (non-hydrogen) atoms. The number of benzene rings is 1. The molecule has 5 rings (SSSR count). The van der Waals surface area contributed by atoms with Crippen molar-refractivity contribution in [3.8, 4) is 5.75 Å². The van der Waals surface area contributed by atoms with Gasteiger partial charge < -0.3 is 9.64 Å². The molecule has 2 aromatic heterocycles. The lowest BCUT2D eigenvalue weighted by Gasteiger charge is -2.19. The largest absolute Gasteiger partial charge is 0.497 e. The van der Waals surface area contributed by atoms with Crippen LogP contribution in [0.1, 0.15) is 36.4 Å². The van der Waals surface area contributed by atoms with Gasteiger partial charge in [0.25, 0.3) is 5.92 Å². The molecular weight excluding hydrogens is 362 g/mol. The molecule has 0 radical (unpaired) electrons. The van der Waals surface area contributed by atoms with E-state index >= 15 is 0 Å². The first-order valence-electron chi connectivity index (χ1n) is 9.64. The summed E-state index contributed by atoms with van der Waals surface area (Å²) >= 11 is 0. The number of hydrogen-bond donors (Lipinski definition) is 0. The predicted octanol–water partition coefficient (Wildman–Crippen LogP) is 4.21. The molecule has 3 heterocycles. The summed E-state index contributed by atoms with van der Waals surface area (Å²) in [6.07, 6.45) is 3.86. The topological polar surface area (TPSA) is 43.2 Å². The van der Waals surface area contributed by atoms with Gasteiger partial charge in [0.05, 0.1) is 37.3 Å². The van der Waals surface area contributed by atoms with Crippen molar-refractivity contribution in [2.24, 2.45) is 0 Å². The summed E-state index contributed by atoms with van der Waals surface area (Å²) < 4.78 is 34.8. The van der Waals surface area contributed by atoms with Crippen LogP contribution in [0.2, 0.25) is 0 Å². The number of ether oxygens (including phenoxy) is 1. The van der Waals surface area contributed by atoms with E-state index in [1.165, 1.54) is 0 Å². The third-order valence-corrected chi connectivity index (χ3v) is 5.60. The molecule has 0 spiro atoms. The summed E-state index contributed by atoms with van der Waals surface area (Å²) in [5, 5.41) is 5.40. The van der Waals surface area contributed by atoms with Crippen molar-refractivity contribution in [3.63, 3.8) is 0 Å². The number of rotatable bonds is 5. The third-order valence-electron chi connectivity index (χ3n) is 5.60. The molecular formula is C21H22F2N4O. The molecule has 1 aromatic carbocycles. The second kappa shape index (κ2) is 6.43. The lowest BCUT2D eigenvalue weighted by molar-refractivity contribution is 0.0257. The lowest BCUT2D eigenvalue weighted by atomic mass is 10.2. The molecule has 1 aliphatic heterocycles. The summed E-state index contributed by atoms with van der Waals surface area (Å²) in [5.41, 5.74) is 3.05. The van der Waals surface area contributed by atoms with E-state index in [0.717, 1.165) is 40.8 Å². The summed E-state index contributed by atoms with van der Waals surface area (Å²) in [6, 6.07) is 9.96. The maximum absolute atomic E-state index is 13.8. The molecule has 0 N–H and O–H groups in total. The van der Waals surface area contributed by atoms with Gasteiger partial charge in [-0.25, -0.2) is 13.8 Å². The minimum absolute atomic E-state index is 0.121. The fourth-order valence-electron chi connectivity index (χ4n) is 3.85. The van der Waals surface area contributed by atoms with Crippen LogP contribution < -0.4 is 9.64 Å². The standard InChI is InChI=1S/C21H22F2N4O/c1-28-16-6-2-14(3-7-16)12-27-19-10-18(15-4-5-15)25-20(17(19)11-24-27)26-9-8-21(22,23)13-26/h2-3,6-7,10-11,15H,4-5,8-9,12-13H2,1H3. The Morgan fingerprint density at radius 1 is 1.21 bits per heavy atom. The Hall–Kier alpha value is -2.70. The van der Waals surface area contributed by atoms with Gasteiger partial charge >= 0.3 is 0 Å². The van der Waals surface area contributed by atoms with Crippen LogP contribution in [-0.4, -0.2) is 40.9 Å². The molecule has 0 unspecified atom stereocenters. The zero-order chi connectivity index (χ0) is 19.3. The summed E-state index contributed by atoms with van der Waals surface area (Å²) in [4.78, 5) is 6.49. The molecule has 2 aliphatic rings. The van der Waals surface area contributed by atoms with Gasteiger partial charge in [-0.15, -0.1) is 0 Å². The van der Waals surface area contributed by atoms with Gasteiger partial charge in [-0.05, 0) is 36.6 Å². The highest BCUT2D eigenvalue weighted by molar-refractivity contribution is 5.90. The van der Waals surface area contributed by atoms with Gasteiger partial charge in [0, 0.05) is 24.6 Å². The zero-order valence-corrected chi connectivity index (χ0v) is 15.7. The number of hydrogen-bond acceptors (Lipinski definition) is 4. The molecule has 3 aromatic rings. The summed E-state index contributed by atoms with van der Waals surface area (Å²) in [7, 11) is 1.64. The Bertz CT molecular complexity index is 1010. The number of alkyl halides is 2. The Morgan fingerprint density at radius 2 is 2.00 bits per heavy atom. The molecule has 0 amide bonds. The predicted molar refractivity (Wildman–Crippen MR) is 103 cm³/mol. The van der Waals surface area contributed by atoms with Gasteiger partial charge in [0.1, 0.15) is 11.6 Å². The molecule has 1 saturated carbocycles. The molecule has 1 aliphatic carbocycles. The minimum Gasteiger partial charge on any atom is -0.497 e. The van der Waals surface area contributed by atoms with Crippen LogP contribution in [0.3, 0.4) is 0 Å². The Morgan fingerprint density at radius 3 is 2.64 bits per heavy atom. The zero-order valence-electron chi connectivity index (χ0n) is 15.7. The van der Waals surface area contributed by atoms with E-state index in [0.29, 0.717) is 24.8 Å². The third kappa shape index (κ3) is 3.19. The Balaban J connectivity index is 1.54. The highest BCUT2D eigenvalue weighted by Gasteiger charge is 2.40. The first-order chi connectivity index (χ1) is 13.5. The van der Waals surface area contributed by atoms with Crippen LogP contribution in [0.4, 0.5) is 14.6 Å². The van der Waals surface area contributed by atoms with Crippen molar-refractivity contribution in [2.45, 2.75) is 37.6 Å². The van der Waals surface area contributed by atoms with Crippen LogP contribution >= 0.6 is 0 Å². The van der Waals surface area contributed by atoms with Crippen LogP contribution in [-0.2, 0) is 6.54 Å². The van der Waals surface area contributed by atoms with E-state index in [-0.39, 0.29) is 13.0 Å². The van der Waals surface area contributed by atoms with Crippen LogP contribution in [0, 0.1) is 0 Å². The van der Waals surface area contributed by atoms with Gasteiger partial charge in [-0.2, -0.15) is 5.10 Å². The number of anilines is 1. The molecule has 1 saturated heterocycles. The number of halogens is 2. The van der Waals surface area contributed by atoms with Gasteiger partial charge in [0.15, 0.2) is 0 Å². The maximum atomic E-state index is 13.8. The number of aromatic nitrogens is 3.